The average Bonchev–Trinajstić information content (AvgIpc) is 3.78. The van der Waals surface area contributed by atoms with Crippen LogP contribution in [0.15, 0.2) is 236 Å². The molecule has 9 aromatic carbocycles. The summed E-state index contributed by atoms with van der Waals surface area (Å²) in [5, 5.41) is 0. The monoisotopic (exact) mass is 937 g/mol. The molecule has 4 heteroatoms. The summed E-state index contributed by atoms with van der Waals surface area (Å²) in [5.74, 6) is -0.0384. The Bertz CT molecular complexity index is 3050. The van der Waals surface area contributed by atoms with Crippen molar-refractivity contribution in [1.82, 2.24) is 0 Å². The molecular weight excluding hydrogens is 873 g/mol. The van der Waals surface area contributed by atoms with Crippen molar-refractivity contribution in [2.24, 2.45) is 5.92 Å². The summed E-state index contributed by atoms with van der Waals surface area (Å²) in [6.07, 6.45) is 5.67. The molecule has 4 nitrogen and oxygen atoms in total. The molecule has 0 radical (unpaired) electrons. The molecule has 1 aliphatic rings. The number of hydrogen-bond acceptors (Lipinski definition) is 4. The summed E-state index contributed by atoms with van der Waals surface area (Å²) < 4.78 is 0. The molecular formula is C68H64N4. The third-order valence-corrected chi connectivity index (χ3v) is 13.8. The molecule has 72 heavy (non-hydrogen) atoms. The molecule has 0 amide bonds. The minimum absolute atomic E-state index is 0.0384. The molecule has 0 saturated heterocycles. The van der Waals surface area contributed by atoms with Crippen LogP contribution >= 0.6 is 0 Å². The van der Waals surface area contributed by atoms with E-state index in [1.54, 1.807) is 0 Å². The van der Waals surface area contributed by atoms with Gasteiger partial charge in [-0.05, 0) is 189 Å². The molecule has 1 unspecified atom stereocenters. The molecule has 0 heterocycles. The first-order chi connectivity index (χ1) is 34.9. The van der Waals surface area contributed by atoms with Gasteiger partial charge >= 0.3 is 0 Å². The molecule has 9 aromatic rings. The van der Waals surface area contributed by atoms with Crippen molar-refractivity contribution in [1.29, 1.82) is 0 Å². The van der Waals surface area contributed by atoms with Crippen LogP contribution in [0.1, 0.15) is 50.1 Å². The van der Waals surface area contributed by atoms with Crippen molar-refractivity contribution in [2.45, 2.75) is 61.8 Å². The van der Waals surface area contributed by atoms with Gasteiger partial charge in [-0.15, -0.1) is 0 Å². The first-order valence-electron chi connectivity index (χ1n) is 25.2. The molecule has 0 saturated carbocycles. The van der Waals surface area contributed by atoms with Crippen molar-refractivity contribution in [3.8, 4) is 0 Å². The Morgan fingerprint density at radius 2 is 0.500 bits per heavy atom. The van der Waals surface area contributed by atoms with E-state index in [-0.39, 0.29) is 5.92 Å². The maximum absolute atomic E-state index is 2.51. The maximum Gasteiger partial charge on any atom is 0.0485 e. The molecule has 1 aliphatic carbocycles. The Balaban J connectivity index is 1.21. The first kappa shape index (κ1) is 47.3. The van der Waals surface area contributed by atoms with Crippen molar-refractivity contribution in [3.63, 3.8) is 0 Å². The van der Waals surface area contributed by atoms with E-state index in [0.717, 1.165) is 69.0 Å². The third-order valence-electron chi connectivity index (χ3n) is 13.8. The topological polar surface area (TPSA) is 13.0 Å². The molecule has 10 rings (SSSR count). The summed E-state index contributed by atoms with van der Waals surface area (Å²) in [5.41, 5.74) is 24.4. The average molecular weight is 937 g/mol. The third kappa shape index (κ3) is 10.4. The van der Waals surface area contributed by atoms with Crippen LogP contribution in [0.2, 0.25) is 0 Å². The smallest absolute Gasteiger partial charge is 0.0485 e. The van der Waals surface area contributed by atoms with Crippen LogP contribution in [0, 0.1) is 61.3 Å². The van der Waals surface area contributed by atoms with E-state index in [4.69, 9.17) is 0 Å². The maximum atomic E-state index is 2.51. The van der Waals surface area contributed by atoms with E-state index in [2.05, 4.69) is 299 Å². The molecule has 0 fully saturated rings. The highest BCUT2D eigenvalue weighted by molar-refractivity contribution is 5.84. The van der Waals surface area contributed by atoms with Crippen LogP contribution in [0.3, 0.4) is 0 Å². The van der Waals surface area contributed by atoms with Gasteiger partial charge in [-0.2, -0.15) is 0 Å². The Morgan fingerprint density at radius 1 is 0.264 bits per heavy atom. The van der Waals surface area contributed by atoms with Gasteiger partial charge < -0.3 is 19.6 Å². The summed E-state index contributed by atoms with van der Waals surface area (Å²) >= 11 is 0. The zero-order valence-corrected chi connectivity index (χ0v) is 42.9. The minimum Gasteiger partial charge on any atom is -0.314 e. The quantitative estimate of drug-likeness (QED) is 0.108. The zero-order chi connectivity index (χ0) is 49.9. The summed E-state index contributed by atoms with van der Waals surface area (Å²) in [6, 6.07) is 78.8. The molecule has 0 aliphatic heterocycles. The van der Waals surface area contributed by atoms with Crippen molar-refractivity contribution >= 4 is 56.9 Å². The lowest BCUT2D eigenvalue weighted by molar-refractivity contribution is 0.744. The minimum atomic E-state index is -0.0384. The fourth-order valence-corrected chi connectivity index (χ4v) is 9.76. The van der Waals surface area contributed by atoms with Gasteiger partial charge in [-0.1, -0.05) is 148 Å². The van der Waals surface area contributed by atoms with Crippen molar-refractivity contribution in [3.05, 3.63) is 286 Å². The van der Waals surface area contributed by atoms with Gasteiger partial charge in [0.25, 0.3) is 0 Å². The molecule has 0 spiro atoms. The van der Waals surface area contributed by atoms with Crippen molar-refractivity contribution in [2.75, 3.05) is 19.6 Å². The van der Waals surface area contributed by atoms with E-state index >= 15 is 0 Å². The van der Waals surface area contributed by atoms with Crippen molar-refractivity contribution < 1.29 is 0 Å². The second kappa shape index (κ2) is 20.6. The van der Waals surface area contributed by atoms with Crippen LogP contribution < -0.4 is 19.6 Å². The van der Waals surface area contributed by atoms with E-state index < -0.39 is 0 Å². The zero-order valence-electron chi connectivity index (χ0n) is 42.9. The number of aryl methyl sites for hydroxylation is 8. The van der Waals surface area contributed by atoms with Gasteiger partial charge in [-0.3, -0.25) is 0 Å². The number of nitrogens with zero attached hydrogens (tertiary/aromatic N) is 4. The van der Waals surface area contributed by atoms with Crippen LogP contribution in [0.5, 0.6) is 0 Å². The van der Waals surface area contributed by atoms with Crippen LogP contribution in [0.25, 0.3) is 0 Å². The highest BCUT2D eigenvalue weighted by Crippen LogP contribution is 2.46. The number of benzene rings is 9. The highest BCUT2D eigenvalue weighted by Gasteiger charge is 2.31. The van der Waals surface area contributed by atoms with Gasteiger partial charge in [-0.25, -0.2) is 0 Å². The molecule has 356 valence electrons. The summed E-state index contributed by atoms with van der Waals surface area (Å²) in [4.78, 5) is 9.75. The predicted octanol–water partition coefficient (Wildman–Crippen LogP) is 18.7. The number of hydrogen-bond donors (Lipinski definition) is 0. The largest absolute Gasteiger partial charge is 0.314 e. The molecule has 1 atom stereocenters. The van der Waals surface area contributed by atoms with Gasteiger partial charge in [0.2, 0.25) is 0 Å². The van der Waals surface area contributed by atoms with Gasteiger partial charge in [0.05, 0.1) is 0 Å². The second-order valence-corrected chi connectivity index (χ2v) is 19.9. The Morgan fingerprint density at radius 3 is 0.764 bits per heavy atom. The van der Waals surface area contributed by atoms with Crippen LogP contribution in [0.4, 0.5) is 56.9 Å². The fourth-order valence-electron chi connectivity index (χ4n) is 9.76. The normalized spacial score (nSPS) is 13.1. The predicted molar refractivity (Wildman–Crippen MR) is 307 cm³/mol. The lowest BCUT2D eigenvalue weighted by Crippen LogP contribution is -2.22. The Hall–Kier alpha value is -8.34. The van der Waals surface area contributed by atoms with Gasteiger partial charge in [0, 0.05) is 74.2 Å². The lowest BCUT2D eigenvalue weighted by Gasteiger charge is -2.32. The van der Waals surface area contributed by atoms with E-state index in [1.165, 1.54) is 55.8 Å². The Labute approximate surface area is 428 Å². The molecule has 0 N–H and O–H groups in total. The number of anilines is 10. The number of allylic oxidation sites excluding steroid dienone is 2. The van der Waals surface area contributed by atoms with Crippen LogP contribution in [-0.2, 0) is 6.42 Å². The lowest BCUT2D eigenvalue weighted by atomic mass is 9.95. The van der Waals surface area contributed by atoms with E-state index in [9.17, 15) is 0 Å². The SMILES string of the molecule is Cc1ccc(N(C2=CC(Cc3cc(N(c4ccc(C)cc4)c4ccc(C)cc4)cc(N(c4ccc(C)cc4)c4ccc(C)cc4)c3)C(N(c3ccc(C)cc3)c3ccc(C)cc3)=C2)c2ccc(C)cc2)cc1. The highest BCUT2D eigenvalue weighted by atomic mass is 15.2. The molecule has 0 bridgehead atoms. The summed E-state index contributed by atoms with van der Waals surface area (Å²) in [7, 11) is 0. The van der Waals surface area contributed by atoms with E-state index in [0.29, 0.717) is 0 Å². The molecule has 0 aromatic heterocycles. The van der Waals surface area contributed by atoms with Gasteiger partial charge in [0.15, 0.2) is 0 Å². The number of rotatable bonds is 14. The fraction of sp³-hybridized carbons (Fsp3) is 0.147. The van der Waals surface area contributed by atoms with Gasteiger partial charge in [0.1, 0.15) is 0 Å². The Kier molecular flexibility index (Phi) is 13.5. The summed E-state index contributed by atoms with van der Waals surface area (Å²) in [6.45, 7) is 17.3. The van der Waals surface area contributed by atoms with Crippen LogP contribution in [-0.4, -0.2) is 0 Å². The first-order valence-corrected chi connectivity index (χ1v) is 25.2. The van der Waals surface area contributed by atoms with E-state index in [1.807, 2.05) is 0 Å². The standard InChI is InChI=1S/C68H64N4/c1-47-9-25-57(26-10-47)69(58-27-11-48(2)12-28-58)65-42-55(43-66(45-65)70(59-29-13-49(3)14-30-59)60-31-15-50(4)16-32-60)41-56-44-67(71(61-33-17-51(5)18-34-61)62-35-19-52(6)20-36-62)46-68(56)72(63-37-21-53(7)22-38-63)64-39-23-54(8)24-40-64/h9-40,42-46,56H,41H2,1-8H3. The second-order valence-electron chi connectivity index (χ2n) is 19.9.